The zero-order valence-electron chi connectivity index (χ0n) is 10.2. The summed E-state index contributed by atoms with van der Waals surface area (Å²) in [4.78, 5) is 0. The first-order valence-corrected chi connectivity index (χ1v) is 6.79. The van der Waals surface area contributed by atoms with E-state index in [9.17, 15) is 8.42 Å². The van der Waals surface area contributed by atoms with Crippen molar-refractivity contribution in [3.8, 4) is 0 Å². The molecule has 5 nitrogen and oxygen atoms in total. The van der Waals surface area contributed by atoms with Gasteiger partial charge in [0.1, 0.15) is 0 Å². The lowest BCUT2D eigenvalue weighted by Crippen LogP contribution is -2.59. The highest BCUT2D eigenvalue weighted by atomic mass is 35.5. The first-order chi connectivity index (χ1) is 6.83. The van der Waals surface area contributed by atoms with Crippen LogP contribution in [0.4, 0.5) is 0 Å². The Labute approximate surface area is 105 Å². The van der Waals surface area contributed by atoms with Gasteiger partial charge in [0, 0.05) is 31.2 Å². The molecule has 1 aliphatic rings. The summed E-state index contributed by atoms with van der Waals surface area (Å²) in [7, 11) is -3.32. The van der Waals surface area contributed by atoms with Crippen LogP contribution < -0.4 is 10.0 Å². The molecule has 2 atom stereocenters. The molecule has 0 saturated carbocycles. The standard InChI is InChI=1S/C9H21N3O2S.ClH/c1-7(2)11-15(13,14)12-6-8(3)10-5-9(12)4;/h7-11H,5-6H2,1-4H3;1H. The molecule has 1 rings (SSSR count). The maximum Gasteiger partial charge on any atom is 0.280 e. The molecule has 0 aromatic carbocycles. The SMILES string of the molecule is CC(C)NS(=O)(=O)N1CC(C)NCC1C.Cl. The van der Waals surface area contributed by atoms with Crippen molar-refractivity contribution in [3.05, 3.63) is 0 Å². The Kier molecular flexibility index (Phi) is 6.21. The van der Waals surface area contributed by atoms with Gasteiger partial charge < -0.3 is 5.32 Å². The second-order valence-corrected chi connectivity index (χ2v) is 6.16. The first kappa shape index (κ1) is 16.1. The molecule has 1 aliphatic heterocycles. The van der Waals surface area contributed by atoms with Gasteiger partial charge in [0.25, 0.3) is 10.2 Å². The predicted octanol–water partition coefficient (Wildman–Crippen LogP) is 0.333. The van der Waals surface area contributed by atoms with Crippen LogP contribution in [-0.2, 0) is 10.2 Å². The molecule has 2 N–H and O–H groups in total. The average molecular weight is 272 g/mol. The monoisotopic (exact) mass is 271 g/mol. The van der Waals surface area contributed by atoms with Crippen molar-refractivity contribution in [1.82, 2.24) is 14.3 Å². The van der Waals surface area contributed by atoms with E-state index in [0.29, 0.717) is 13.1 Å². The minimum absolute atomic E-state index is 0. The van der Waals surface area contributed by atoms with Crippen LogP contribution in [0.15, 0.2) is 0 Å². The largest absolute Gasteiger partial charge is 0.311 e. The molecule has 0 aromatic rings. The summed E-state index contributed by atoms with van der Waals surface area (Å²) >= 11 is 0. The molecule has 0 amide bonds. The van der Waals surface area contributed by atoms with Crippen molar-refractivity contribution in [2.24, 2.45) is 0 Å². The maximum atomic E-state index is 11.9. The third kappa shape index (κ3) is 4.18. The zero-order chi connectivity index (χ0) is 11.6. The Morgan fingerprint density at radius 3 is 2.44 bits per heavy atom. The zero-order valence-corrected chi connectivity index (χ0v) is 11.9. The topological polar surface area (TPSA) is 61.4 Å². The fourth-order valence-electron chi connectivity index (χ4n) is 1.69. The second-order valence-electron chi connectivity index (χ2n) is 4.51. The molecule has 2 unspecified atom stereocenters. The van der Waals surface area contributed by atoms with Gasteiger partial charge in [-0.2, -0.15) is 17.4 Å². The van der Waals surface area contributed by atoms with Gasteiger partial charge in [0.15, 0.2) is 0 Å². The molecular formula is C9H22ClN3O2S. The number of nitrogens with zero attached hydrogens (tertiary/aromatic N) is 1. The highest BCUT2D eigenvalue weighted by Crippen LogP contribution is 2.11. The van der Waals surface area contributed by atoms with Crippen molar-refractivity contribution in [1.29, 1.82) is 0 Å². The van der Waals surface area contributed by atoms with E-state index < -0.39 is 10.2 Å². The molecule has 1 saturated heterocycles. The molecule has 0 spiro atoms. The van der Waals surface area contributed by atoms with Crippen LogP contribution in [-0.4, -0.2) is 43.9 Å². The Hall–Kier alpha value is 0.120. The number of hydrogen-bond acceptors (Lipinski definition) is 3. The van der Waals surface area contributed by atoms with E-state index in [1.165, 1.54) is 4.31 Å². The summed E-state index contributed by atoms with van der Waals surface area (Å²) < 4.78 is 28.0. The molecule has 98 valence electrons. The van der Waals surface area contributed by atoms with Gasteiger partial charge in [-0.25, -0.2) is 0 Å². The summed E-state index contributed by atoms with van der Waals surface area (Å²) in [5.74, 6) is 0. The molecule has 16 heavy (non-hydrogen) atoms. The lowest BCUT2D eigenvalue weighted by Gasteiger charge is -2.36. The molecule has 1 heterocycles. The molecule has 7 heteroatoms. The summed E-state index contributed by atoms with van der Waals surface area (Å²) in [6.45, 7) is 8.80. The summed E-state index contributed by atoms with van der Waals surface area (Å²) in [6.07, 6.45) is 0. The van der Waals surface area contributed by atoms with Gasteiger partial charge >= 0.3 is 0 Å². The van der Waals surface area contributed by atoms with Crippen molar-refractivity contribution in [3.63, 3.8) is 0 Å². The summed E-state index contributed by atoms with van der Waals surface area (Å²) in [5.41, 5.74) is 0. The van der Waals surface area contributed by atoms with E-state index in [2.05, 4.69) is 10.0 Å². The number of hydrogen-bond donors (Lipinski definition) is 2. The third-order valence-corrected chi connectivity index (χ3v) is 4.30. The highest BCUT2D eigenvalue weighted by molar-refractivity contribution is 7.87. The van der Waals surface area contributed by atoms with Crippen LogP contribution in [0, 0.1) is 0 Å². The normalized spacial score (nSPS) is 27.8. The number of piperazine rings is 1. The lowest BCUT2D eigenvalue weighted by molar-refractivity contribution is 0.241. The molecule has 1 fully saturated rings. The van der Waals surface area contributed by atoms with Gasteiger partial charge in [-0.15, -0.1) is 12.4 Å². The smallest absolute Gasteiger partial charge is 0.280 e. The summed E-state index contributed by atoms with van der Waals surface area (Å²) in [6, 6.07) is 0.162. The van der Waals surface area contributed by atoms with Crippen molar-refractivity contribution < 1.29 is 8.42 Å². The minimum Gasteiger partial charge on any atom is -0.311 e. The van der Waals surface area contributed by atoms with Crippen LogP contribution in [0.3, 0.4) is 0 Å². The Morgan fingerprint density at radius 2 is 1.94 bits per heavy atom. The first-order valence-electron chi connectivity index (χ1n) is 5.35. The van der Waals surface area contributed by atoms with Crippen LogP contribution in [0.25, 0.3) is 0 Å². The van der Waals surface area contributed by atoms with Crippen LogP contribution in [0.1, 0.15) is 27.7 Å². The average Bonchev–Trinajstić information content (AvgIpc) is 2.06. The summed E-state index contributed by atoms with van der Waals surface area (Å²) in [5, 5.41) is 3.25. The fourth-order valence-corrected chi connectivity index (χ4v) is 3.39. The molecule has 0 aromatic heterocycles. The second kappa shape index (κ2) is 6.16. The molecule has 0 bridgehead atoms. The lowest BCUT2D eigenvalue weighted by atomic mass is 10.2. The van der Waals surface area contributed by atoms with E-state index in [1.54, 1.807) is 0 Å². The number of nitrogens with one attached hydrogen (secondary N) is 2. The van der Waals surface area contributed by atoms with Gasteiger partial charge in [0.2, 0.25) is 0 Å². The van der Waals surface area contributed by atoms with E-state index in [-0.39, 0.29) is 30.5 Å². The Bertz CT molecular complexity index is 308. The molecule has 0 radical (unpaired) electrons. The predicted molar refractivity (Wildman–Crippen MR) is 68.1 cm³/mol. The van der Waals surface area contributed by atoms with Crippen LogP contribution >= 0.6 is 12.4 Å². The van der Waals surface area contributed by atoms with E-state index in [1.807, 2.05) is 27.7 Å². The van der Waals surface area contributed by atoms with Gasteiger partial charge in [-0.05, 0) is 27.7 Å². The Morgan fingerprint density at radius 1 is 1.38 bits per heavy atom. The quantitative estimate of drug-likeness (QED) is 0.778. The van der Waals surface area contributed by atoms with Gasteiger partial charge in [-0.3, -0.25) is 0 Å². The van der Waals surface area contributed by atoms with E-state index in [4.69, 9.17) is 0 Å². The van der Waals surface area contributed by atoms with Crippen molar-refractivity contribution >= 4 is 22.6 Å². The molecule has 0 aliphatic carbocycles. The van der Waals surface area contributed by atoms with Crippen molar-refractivity contribution in [2.45, 2.75) is 45.8 Å². The van der Waals surface area contributed by atoms with Crippen molar-refractivity contribution in [2.75, 3.05) is 13.1 Å². The minimum atomic E-state index is -3.32. The van der Waals surface area contributed by atoms with Crippen LogP contribution in [0.2, 0.25) is 0 Å². The number of halogens is 1. The van der Waals surface area contributed by atoms with Gasteiger partial charge in [0.05, 0.1) is 0 Å². The Balaban J connectivity index is 0.00000225. The van der Waals surface area contributed by atoms with Gasteiger partial charge in [-0.1, -0.05) is 0 Å². The molecular weight excluding hydrogens is 250 g/mol. The van der Waals surface area contributed by atoms with E-state index >= 15 is 0 Å². The van der Waals surface area contributed by atoms with E-state index in [0.717, 1.165) is 0 Å². The number of rotatable bonds is 3. The van der Waals surface area contributed by atoms with Crippen LogP contribution in [0.5, 0.6) is 0 Å². The third-order valence-electron chi connectivity index (χ3n) is 2.40. The fraction of sp³-hybridized carbons (Fsp3) is 1.00. The maximum absolute atomic E-state index is 11.9. The highest BCUT2D eigenvalue weighted by Gasteiger charge is 2.32.